The molecule has 0 spiro atoms. The summed E-state index contributed by atoms with van der Waals surface area (Å²) in [6.45, 7) is 1.43. The van der Waals surface area contributed by atoms with E-state index in [9.17, 15) is 0 Å². The van der Waals surface area contributed by atoms with Crippen molar-refractivity contribution in [3.8, 4) is 0 Å². The first-order chi connectivity index (χ1) is 10.2. The second kappa shape index (κ2) is 6.18. The van der Waals surface area contributed by atoms with Gasteiger partial charge in [-0.1, -0.05) is 23.7 Å². The van der Waals surface area contributed by atoms with Crippen LogP contribution in [0, 0.1) is 0 Å². The van der Waals surface area contributed by atoms with E-state index < -0.39 is 0 Å². The standard InChI is InChI=1S/C16H21ClN4/c1-20(10-12-2-4-13(17)5-3-12)15(8-18)16-9-19-11-21(16)14-6-7-14/h2-5,9,11,14-15H,6-8,10,18H2,1H3. The summed E-state index contributed by atoms with van der Waals surface area (Å²) in [4.78, 5) is 6.59. The van der Waals surface area contributed by atoms with Gasteiger partial charge in [-0.2, -0.15) is 0 Å². The van der Waals surface area contributed by atoms with Crippen LogP contribution in [0.4, 0.5) is 0 Å². The van der Waals surface area contributed by atoms with Crippen LogP contribution in [0.3, 0.4) is 0 Å². The zero-order chi connectivity index (χ0) is 14.8. The van der Waals surface area contributed by atoms with E-state index in [1.54, 1.807) is 0 Å². The van der Waals surface area contributed by atoms with Crippen LogP contribution >= 0.6 is 11.6 Å². The van der Waals surface area contributed by atoms with Gasteiger partial charge in [-0.05, 0) is 37.6 Å². The number of likely N-dealkylation sites (N-methyl/N-ethyl adjacent to an activating group) is 1. The third kappa shape index (κ3) is 3.28. The van der Waals surface area contributed by atoms with Crippen LogP contribution in [-0.2, 0) is 6.54 Å². The Morgan fingerprint density at radius 1 is 1.38 bits per heavy atom. The maximum absolute atomic E-state index is 6.03. The Labute approximate surface area is 130 Å². The molecule has 1 atom stereocenters. The molecule has 1 saturated carbocycles. The van der Waals surface area contributed by atoms with Crippen molar-refractivity contribution in [1.29, 1.82) is 0 Å². The van der Waals surface area contributed by atoms with Crippen molar-refractivity contribution in [2.24, 2.45) is 5.73 Å². The van der Waals surface area contributed by atoms with Crippen molar-refractivity contribution in [3.63, 3.8) is 0 Å². The van der Waals surface area contributed by atoms with Gasteiger partial charge in [0, 0.05) is 30.4 Å². The lowest BCUT2D eigenvalue weighted by Crippen LogP contribution is -2.31. The second-order valence-electron chi connectivity index (χ2n) is 5.75. The van der Waals surface area contributed by atoms with Gasteiger partial charge in [0.25, 0.3) is 0 Å². The summed E-state index contributed by atoms with van der Waals surface area (Å²) in [6.07, 6.45) is 6.39. The SMILES string of the molecule is CN(Cc1ccc(Cl)cc1)C(CN)c1cncn1C1CC1. The highest BCUT2D eigenvalue weighted by Gasteiger charge is 2.28. The molecule has 1 aliphatic carbocycles. The first-order valence-electron chi connectivity index (χ1n) is 7.35. The number of nitrogens with two attached hydrogens (primary N) is 1. The summed E-state index contributed by atoms with van der Waals surface area (Å²) in [5.74, 6) is 0. The van der Waals surface area contributed by atoms with Gasteiger partial charge in [-0.15, -0.1) is 0 Å². The second-order valence-corrected chi connectivity index (χ2v) is 6.19. The Morgan fingerprint density at radius 3 is 2.71 bits per heavy atom. The minimum atomic E-state index is 0.184. The minimum Gasteiger partial charge on any atom is -0.330 e. The summed E-state index contributed by atoms with van der Waals surface area (Å²) in [5.41, 5.74) is 8.48. The van der Waals surface area contributed by atoms with E-state index in [1.165, 1.54) is 24.1 Å². The zero-order valence-electron chi connectivity index (χ0n) is 12.2. The summed E-state index contributed by atoms with van der Waals surface area (Å²) in [6, 6.07) is 8.78. The average molecular weight is 305 g/mol. The fourth-order valence-corrected chi connectivity index (χ4v) is 2.87. The molecule has 1 heterocycles. The fraction of sp³-hybridized carbons (Fsp3) is 0.438. The van der Waals surface area contributed by atoms with Crippen molar-refractivity contribution in [1.82, 2.24) is 14.5 Å². The van der Waals surface area contributed by atoms with Crippen molar-refractivity contribution >= 4 is 11.6 Å². The quantitative estimate of drug-likeness (QED) is 0.892. The molecule has 1 aromatic carbocycles. The molecule has 1 aromatic heterocycles. The van der Waals surface area contributed by atoms with E-state index in [4.69, 9.17) is 17.3 Å². The molecule has 0 aliphatic heterocycles. The Bertz CT molecular complexity index is 589. The summed E-state index contributed by atoms with van der Waals surface area (Å²) in [7, 11) is 2.11. The molecule has 5 heteroatoms. The van der Waals surface area contributed by atoms with Crippen molar-refractivity contribution in [2.75, 3.05) is 13.6 Å². The number of halogens is 1. The molecule has 2 aromatic rings. The predicted molar refractivity (Wildman–Crippen MR) is 85.2 cm³/mol. The maximum Gasteiger partial charge on any atom is 0.0951 e. The monoisotopic (exact) mass is 304 g/mol. The Kier molecular flexibility index (Phi) is 4.29. The van der Waals surface area contributed by atoms with Crippen LogP contribution in [-0.4, -0.2) is 28.0 Å². The molecule has 0 radical (unpaired) electrons. The molecule has 1 fully saturated rings. The number of nitrogens with zero attached hydrogens (tertiary/aromatic N) is 3. The lowest BCUT2D eigenvalue weighted by molar-refractivity contribution is 0.232. The molecule has 0 saturated heterocycles. The lowest BCUT2D eigenvalue weighted by atomic mass is 10.1. The molecule has 112 valence electrons. The number of rotatable bonds is 6. The number of hydrogen-bond acceptors (Lipinski definition) is 3. The van der Waals surface area contributed by atoms with E-state index in [0.29, 0.717) is 12.6 Å². The van der Waals surface area contributed by atoms with Crippen LogP contribution < -0.4 is 5.73 Å². The van der Waals surface area contributed by atoms with Gasteiger partial charge < -0.3 is 10.3 Å². The number of hydrogen-bond donors (Lipinski definition) is 1. The maximum atomic E-state index is 6.03. The van der Waals surface area contributed by atoms with Gasteiger partial charge >= 0.3 is 0 Å². The summed E-state index contributed by atoms with van der Waals surface area (Å²) in [5, 5.41) is 0.767. The molecule has 0 bridgehead atoms. The van der Waals surface area contributed by atoms with Crippen LogP contribution in [0.15, 0.2) is 36.8 Å². The molecule has 21 heavy (non-hydrogen) atoms. The van der Waals surface area contributed by atoms with Gasteiger partial charge in [0.1, 0.15) is 0 Å². The molecule has 2 N–H and O–H groups in total. The number of imidazole rings is 1. The first-order valence-corrected chi connectivity index (χ1v) is 7.73. The van der Waals surface area contributed by atoms with Gasteiger partial charge in [0.2, 0.25) is 0 Å². The highest BCUT2D eigenvalue weighted by molar-refractivity contribution is 6.30. The minimum absolute atomic E-state index is 0.184. The van der Waals surface area contributed by atoms with Gasteiger partial charge in [-0.25, -0.2) is 4.98 Å². The Balaban J connectivity index is 1.75. The van der Waals surface area contributed by atoms with E-state index >= 15 is 0 Å². The van der Waals surface area contributed by atoms with Gasteiger partial charge in [0.15, 0.2) is 0 Å². The van der Waals surface area contributed by atoms with E-state index in [1.807, 2.05) is 24.7 Å². The number of aromatic nitrogens is 2. The van der Waals surface area contributed by atoms with Crippen LogP contribution in [0.5, 0.6) is 0 Å². The summed E-state index contributed by atoms with van der Waals surface area (Å²) < 4.78 is 2.29. The van der Waals surface area contributed by atoms with Crippen molar-refractivity contribution in [2.45, 2.75) is 31.5 Å². The molecule has 4 nitrogen and oxygen atoms in total. The molecule has 0 amide bonds. The van der Waals surface area contributed by atoms with Crippen LogP contribution in [0.25, 0.3) is 0 Å². The summed E-state index contributed by atoms with van der Waals surface area (Å²) >= 11 is 5.94. The highest BCUT2D eigenvalue weighted by Crippen LogP contribution is 2.37. The number of benzene rings is 1. The third-order valence-corrected chi connectivity index (χ3v) is 4.33. The predicted octanol–water partition coefficient (Wildman–Crippen LogP) is 3.00. The fourth-order valence-electron chi connectivity index (χ4n) is 2.75. The molecular weight excluding hydrogens is 284 g/mol. The van der Waals surface area contributed by atoms with Crippen LogP contribution in [0.1, 0.15) is 36.2 Å². The average Bonchev–Trinajstić information content (AvgIpc) is 3.22. The molecule has 1 aliphatic rings. The normalized spacial score (nSPS) is 16.4. The van der Waals surface area contributed by atoms with Crippen molar-refractivity contribution in [3.05, 3.63) is 53.1 Å². The van der Waals surface area contributed by atoms with Gasteiger partial charge in [-0.3, -0.25) is 4.90 Å². The molecule has 1 unspecified atom stereocenters. The largest absolute Gasteiger partial charge is 0.330 e. The van der Waals surface area contributed by atoms with Gasteiger partial charge in [0.05, 0.1) is 18.1 Å². The van der Waals surface area contributed by atoms with Crippen LogP contribution in [0.2, 0.25) is 5.02 Å². The highest BCUT2D eigenvalue weighted by atomic mass is 35.5. The molecule has 3 rings (SSSR count). The first kappa shape index (κ1) is 14.6. The zero-order valence-corrected chi connectivity index (χ0v) is 13.0. The topological polar surface area (TPSA) is 47.1 Å². The van der Waals surface area contributed by atoms with E-state index in [-0.39, 0.29) is 6.04 Å². The Morgan fingerprint density at radius 2 is 2.10 bits per heavy atom. The lowest BCUT2D eigenvalue weighted by Gasteiger charge is -2.28. The van der Waals surface area contributed by atoms with E-state index in [0.717, 1.165) is 11.6 Å². The third-order valence-electron chi connectivity index (χ3n) is 4.08. The smallest absolute Gasteiger partial charge is 0.0951 e. The van der Waals surface area contributed by atoms with E-state index in [2.05, 4.69) is 33.6 Å². The van der Waals surface area contributed by atoms with Crippen molar-refractivity contribution < 1.29 is 0 Å². The molecular formula is C16H21ClN4. The Hall–Kier alpha value is -1.36.